The number of rotatable bonds is 6. The number of ether oxygens (including phenoxy) is 2. The van der Waals surface area contributed by atoms with Gasteiger partial charge < -0.3 is 19.3 Å². The largest absolute Gasteiger partial charge is 0.463 e. The predicted molar refractivity (Wildman–Crippen MR) is 106 cm³/mol. The molecule has 1 aliphatic carbocycles. The minimum absolute atomic E-state index is 0.132. The molecule has 2 aliphatic rings. The summed E-state index contributed by atoms with van der Waals surface area (Å²) in [5.41, 5.74) is 0.273. The summed E-state index contributed by atoms with van der Waals surface area (Å²) in [5, 5.41) is 0.333. The van der Waals surface area contributed by atoms with Crippen LogP contribution < -0.4 is 9.64 Å². The van der Waals surface area contributed by atoms with Crippen LogP contribution in [0.3, 0.4) is 0 Å². The Morgan fingerprint density at radius 1 is 1.29 bits per heavy atom. The van der Waals surface area contributed by atoms with Crippen LogP contribution >= 0.6 is 11.6 Å². The highest BCUT2D eigenvalue weighted by atomic mass is 35.5. The molecule has 152 valence electrons. The van der Waals surface area contributed by atoms with Gasteiger partial charge in [0.1, 0.15) is 11.3 Å². The molecule has 28 heavy (non-hydrogen) atoms. The first-order valence-corrected chi connectivity index (χ1v) is 9.97. The van der Waals surface area contributed by atoms with Gasteiger partial charge in [0.05, 0.1) is 18.6 Å². The van der Waals surface area contributed by atoms with Gasteiger partial charge in [-0.05, 0) is 33.4 Å². The van der Waals surface area contributed by atoms with Gasteiger partial charge in [0, 0.05) is 37.9 Å². The lowest BCUT2D eigenvalue weighted by atomic mass is 10.1. The summed E-state index contributed by atoms with van der Waals surface area (Å²) in [5.74, 6) is -0.0285. The maximum Gasteiger partial charge on any atom is 0.319 e. The van der Waals surface area contributed by atoms with Crippen molar-refractivity contribution in [1.29, 1.82) is 0 Å². The zero-order valence-electron chi connectivity index (χ0n) is 16.2. The highest BCUT2D eigenvalue weighted by Gasteiger charge is 2.44. The summed E-state index contributed by atoms with van der Waals surface area (Å²) in [6.07, 6.45) is 4.62. The number of pyridine rings is 1. The summed E-state index contributed by atoms with van der Waals surface area (Å²) in [4.78, 5) is 17.1. The average molecular weight is 410 g/mol. The lowest BCUT2D eigenvalue weighted by molar-refractivity contribution is 0.152. The molecule has 0 bridgehead atoms. The fraction of sp³-hybridized carbons (Fsp3) is 0.632. The van der Waals surface area contributed by atoms with E-state index in [0.717, 1.165) is 32.4 Å². The number of aromatic nitrogens is 3. The molecule has 0 atom stereocenters. The van der Waals surface area contributed by atoms with Crippen LogP contribution in [0.25, 0.3) is 10.9 Å². The number of halogens is 2. The first-order chi connectivity index (χ1) is 13.5. The monoisotopic (exact) mass is 409 g/mol. The Kier molecular flexibility index (Phi) is 5.53. The summed E-state index contributed by atoms with van der Waals surface area (Å²) in [6.45, 7) is 4.19. The van der Waals surface area contributed by atoms with Crippen LogP contribution in [0.1, 0.15) is 19.3 Å². The van der Waals surface area contributed by atoms with E-state index in [4.69, 9.17) is 21.1 Å². The summed E-state index contributed by atoms with van der Waals surface area (Å²) < 4.78 is 26.2. The fourth-order valence-electron chi connectivity index (χ4n) is 3.68. The molecule has 0 spiro atoms. The van der Waals surface area contributed by atoms with Gasteiger partial charge in [0.15, 0.2) is 11.0 Å². The normalized spacial score (nSPS) is 19.1. The zero-order valence-corrected chi connectivity index (χ0v) is 17.0. The Morgan fingerprint density at radius 2 is 2.11 bits per heavy atom. The lowest BCUT2D eigenvalue weighted by Gasteiger charge is -2.23. The Labute approximate surface area is 168 Å². The molecule has 7 nitrogen and oxygen atoms in total. The van der Waals surface area contributed by atoms with Crippen molar-refractivity contribution in [3.8, 4) is 6.01 Å². The van der Waals surface area contributed by atoms with Gasteiger partial charge >= 0.3 is 6.01 Å². The highest BCUT2D eigenvalue weighted by molar-refractivity contribution is 6.30. The highest BCUT2D eigenvalue weighted by Crippen LogP contribution is 2.46. The van der Waals surface area contributed by atoms with E-state index in [0.29, 0.717) is 37.6 Å². The Hall–Kier alpha value is -1.77. The number of hydrogen-bond acceptors (Lipinski definition) is 7. The van der Waals surface area contributed by atoms with Gasteiger partial charge in [-0.25, -0.2) is 9.37 Å². The molecule has 2 aromatic heterocycles. The SMILES string of the molecule is CN(C)CC1(COc2nc(N3CCCOCC3)c3cnc(Cl)c(F)c3n2)CC1. The van der Waals surface area contributed by atoms with E-state index >= 15 is 0 Å². The first kappa shape index (κ1) is 19.5. The molecule has 0 unspecified atom stereocenters. The van der Waals surface area contributed by atoms with Crippen molar-refractivity contribution in [3.05, 3.63) is 17.2 Å². The van der Waals surface area contributed by atoms with Crippen molar-refractivity contribution in [2.75, 3.05) is 58.5 Å². The molecule has 0 N–H and O–H groups in total. The molecule has 1 saturated carbocycles. The third kappa shape index (κ3) is 4.14. The molecule has 3 heterocycles. The third-order valence-electron chi connectivity index (χ3n) is 5.24. The van der Waals surface area contributed by atoms with E-state index in [-0.39, 0.29) is 22.1 Å². The number of fused-ring (bicyclic) bond motifs is 1. The lowest BCUT2D eigenvalue weighted by Crippen LogP contribution is -2.29. The van der Waals surface area contributed by atoms with Gasteiger partial charge in [-0.2, -0.15) is 9.97 Å². The minimum Gasteiger partial charge on any atom is -0.463 e. The van der Waals surface area contributed by atoms with Crippen molar-refractivity contribution < 1.29 is 13.9 Å². The van der Waals surface area contributed by atoms with Crippen LogP contribution in [0.15, 0.2) is 6.20 Å². The number of anilines is 1. The van der Waals surface area contributed by atoms with Gasteiger partial charge in [0.25, 0.3) is 0 Å². The average Bonchev–Trinajstić information content (AvgIpc) is 3.46. The van der Waals surface area contributed by atoms with Crippen molar-refractivity contribution in [3.63, 3.8) is 0 Å². The second-order valence-electron chi connectivity index (χ2n) is 7.93. The Morgan fingerprint density at radius 3 is 2.86 bits per heavy atom. The predicted octanol–water partition coefficient (Wildman–Crippen LogP) is 2.76. The van der Waals surface area contributed by atoms with Crippen LogP contribution in [0.4, 0.5) is 10.2 Å². The number of hydrogen-bond donors (Lipinski definition) is 0. The van der Waals surface area contributed by atoms with Crippen LogP contribution in [0.5, 0.6) is 6.01 Å². The van der Waals surface area contributed by atoms with E-state index in [1.165, 1.54) is 6.20 Å². The third-order valence-corrected chi connectivity index (χ3v) is 5.50. The maximum atomic E-state index is 14.7. The standard InChI is InChI=1S/C19H25ClFN5O2/c1-25(2)11-19(4-5-19)12-28-18-23-15-13(10-22-16(20)14(15)21)17(24-18)26-6-3-8-27-9-7-26/h10H,3-9,11-12H2,1-2H3. The second kappa shape index (κ2) is 7.93. The second-order valence-corrected chi connectivity index (χ2v) is 8.29. The molecule has 9 heteroatoms. The molecule has 1 saturated heterocycles. The van der Waals surface area contributed by atoms with Gasteiger partial charge in [-0.15, -0.1) is 0 Å². The smallest absolute Gasteiger partial charge is 0.319 e. The Balaban J connectivity index is 1.67. The molecular weight excluding hydrogens is 385 g/mol. The van der Waals surface area contributed by atoms with Crippen molar-refractivity contribution in [2.24, 2.45) is 5.41 Å². The van der Waals surface area contributed by atoms with E-state index < -0.39 is 5.82 Å². The van der Waals surface area contributed by atoms with Gasteiger partial charge in [-0.1, -0.05) is 11.6 Å². The van der Waals surface area contributed by atoms with Crippen LogP contribution in [0.2, 0.25) is 5.15 Å². The van der Waals surface area contributed by atoms with Gasteiger partial charge in [0.2, 0.25) is 0 Å². The topological polar surface area (TPSA) is 63.6 Å². The molecule has 2 aromatic rings. The Bertz CT molecular complexity index is 854. The number of nitrogens with zero attached hydrogens (tertiary/aromatic N) is 5. The fourth-order valence-corrected chi connectivity index (χ4v) is 3.81. The van der Waals surface area contributed by atoms with Crippen LogP contribution in [0, 0.1) is 11.2 Å². The van der Waals surface area contributed by atoms with E-state index in [1.807, 2.05) is 0 Å². The van der Waals surface area contributed by atoms with E-state index in [2.05, 4.69) is 38.8 Å². The molecule has 0 radical (unpaired) electrons. The quantitative estimate of drug-likeness (QED) is 0.680. The molecule has 1 aliphatic heterocycles. The maximum absolute atomic E-state index is 14.7. The molecule has 4 rings (SSSR count). The molecular formula is C19H25ClFN5O2. The molecule has 2 fully saturated rings. The first-order valence-electron chi connectivity index (χ1n) is 9.59. The van der Waals surface area contributed by atoms with Crippen molar-refractivity contribution in [1.82, 2.24) is 19.9 Å². The summed E-state index contributed by atoms with van der Waals surface area (Å²) in [7, 11) is 4.10. The molecule has 0 amide bonds. The van der Waals surface area contributed by atoms with E-state index in [1.54, 1.807) is 0 Å². The van der Waals surface area contributed by atoms with E-state index in [9.17, 15) is 4.39 Å². The molecule has 0 aromatic carbocycles. The van der Waals surface area contributed by atoms with Crippen molar-refractivity contribution in [2.45, 2.75) is 19.3 Å². The minimum atomic E-state index is -0.645. The summed E-state index contributed by atoms with van der Waals surface area (Å²) in [6, 6.07) is 0.180. The zero-order chi connectivity index (χ0) is 19.7. The van der Waals surface area contributed by atoms with Crippen LogP contribution in [-0.2, 0) is 4.74 Å². The van der Waals surface area contributed by atoms with Crippen molar-refractivity contribution >= 4 is 28.3 Å². The van der Waals surface area contributed by atoms with Gasteiger partial charge in [-0.3, -0.25) is 0 Å². The summed E-state index contributed by atoms with van der Waals surface area (Å²) >= 11 is 5.89. The van der Waals surface area contributed by atoms with Crippen LogP contribution in [-0.4, -0.2) is 73.4 Å².